The van der Waals surface area contributed by atoms with Gasteiger partial charge in [-0.05, 0) is 31.5 Å². The van der Waals surface area contributed by atoms with Crippen molar-refractivity contribution in [3.05, 3.63) is 35.1 Å². The highest BCUT2D eigenvalue weighted by atomic mass is 19.1. The molecule has 1 atom stereocenters. The summed E-state index contributed by atoms with van der Waals surface area (Å²) in [5.74, 6) is -0.0767. The minimum atomic E-state index is -0.0767. The van der Waals surface area contributed by atoms with Gasteiger partial charge in [0.15, 0.2) is 0 Å². The first-order valence-electron chi connectivity index (χ1n) is 4.27. The first kappa shape index (κ1) is 7.74. The number of benzene rings is 1. The van der Waals surface area contributed by atoms with E-state index in [2.05, 4.69) is 5.32 Å². The molecular formula is C10H12FN. The van der Waals surface area contributed by atoms with Gasteiger partial charge in [-0.1, -0.05) is 12.1 Å². The standard InChI is InChI=1S/C10H12FN/c1-7-2-3-8(9(11)6-7)10-4-5-12-10/h2-3,6,10,12H,4-5H2,1H3/t10-/m1/s1. The van der Waals surface area contributed by atoms with E-state index in [1.54, 1.807) is 6.07 Å². The van der Waals surface area contributed by atoms with E-state index in [9.17, 15) is 4.39 Å². The lowest BCUT2D eigenvalue weighted by atomic mass is 9.97. The van der Waals surface area contributed by atoms with Crippen LogP contribution < -0.4 is 5.32 Å². The Morgan fingerprint density at radius 1 is 1.50 bits per heavy atom. The SMILES string of the molecule is Cc1ccc([C@H]2CCN2)c(F)c1. The zero-order chi connectivity index (χ0) is 8.55. The summed E-state index contributed by atoms with van der Waals surface area (Å²) in [5, 5.41) is 3.18. The zero-order valence-electron chi connectivity index (χ0n) is 7.10. The lowest BCUT2D eigenvalue weighted by Crippen LogP contribution is -2.35. The van der Waals surface area contributed by atoms with E-state index in [-0.39, 0.29) is 11.9 Å². The van der Waals surface area contributed by atoms with Crippen molar-refractivity contribution in [2.45, 2.75) is 19.4 Å². The average molecular weight is 165 g/mol. The molecule has 1 N–H and O–H groups in total. The van der Waals surface area contributed by atoms with Crippen LogP contribution >= 0.6 is 0 Å². The summed E-state index contributed by atoms with van der Waals surface area (Å²) in [4.78, 5) is 0. The molecule has 0 aliphatic carbocycles. The van der Waals surface area contributed by atoms with Gasteiger partial charge >= 0.3 is 0 Å². The van der Waals surface area contributed by atoms with Crippen LogP contribution in [0.3, 0.4) is 0 Å². The molecule has 1 aromatic rings. The van der Waals surface area contributed by atoms with Gasteiger partial charge in [0.2, 0.25) is 0 Å². The van der Waals surface area contributed by atoms with Gasteiger partial charge in [0.25, 0.3) is 0 Å². The van der Waals surface area contributed by atoms with Crippen LogP contribution in [-0.4, -0.2) is 6.54 Å². The molecule has 1 nitrogen and oxygen atoms in total. The summed E-state index contributed by atoms with van der Waals surface area (Å²) in [5.41, 5.74) is 1.79. The molecule has 1 aliphatic rings. The third-order valence-corrected chi connectivity index (χ3v) is 2.36. The lowest BCUT2D eigenvalue weighted by molar-refractivity contribution is 0.370. The quantitative estimate of drug-likeness (QED) is 0.672. The highest BCUT2D eigenvalue weighted by molar-refractivity contribution is 5.27. The van der Waals surface area contributed by atoms with E-state index in [0.717, 1.165) is 24.1 Å². The largest absolute Gasteiger partial charge is 0.310 e. The van der Waals surface area contributed by atoms with Crippen LogP contribution in [0.25, 0.3) is 0 Å². The molecule has 1 aliphatic heterocycles. The first-order chi connectivity index (χ1) is 5.77. The fourth-order valence-corrected chi connectivity index (χ4v) is 1.47. The Bertz CT molecular complexity index is 292. The van der Waals surface area contributed by atoms with Crippen LogP contribution in [0.5, 0.6) is 0 Å². The number of hydrogen-bond acceptors (Lipinski definition) is 1. The Kier molecular flexibility index (Phi) is 1.85. The molecule has 0 bridgehead atoms. The van der Waals surface area contributed by atoms with Gasteiger partial charge in [0, 0.05) is 11.6 Å². The molecule has 1 fully saturated rings. The maximum Gasteiger partial charge on any atom is 0.128 e. The molecule has 0 amide bonds. The smallest absolute Gasteiger partial charge is 0.128 e. The van der Waals surface area contributed by atoms with Crippen molar-refractivity contribution in [3.8, 4) is 0 Å². The molecule has 0 aromatic heterocycles. The molecule has 1 heterocycles. The van der Waals surface area contributed by atoms with Gasteiger partial charge in [-0.2, -0.15) is 0 Å². The van der Waals surface area contributed by atoms with Crippen LogP contribution in [0.4, 0.5) is 4.39 Å². The van der Waals surface area contributed by atoms with Crippen LogP contribution in [-0.2, 0) is 0 Å². The van der Waals surface area contributed by atoms with Gasteiger partial charge in [0.1, 0.15) is 5.82 Å². The minimum Gasteiger partial charge on any atom is -0.310 e. The topological polar surface area (TPSA) is 12.0 Å². The number of hydrogen-bond donors (Lipinski definition) is 1. The van der Waals surface area contributed by atoms with Crippen molar-refractivity contribution in [2.75, 3.05) is 6.54 Å². The Labute approximate surface area is 71.6 Å². The van der Waals surface area contributed by atoms with Crippen molar-refractivity contribution in [3.63, 3.8) is 0 Å². The molecule has 0 saturated carbocycles. The second kappa shape index (κ2) is 2.87. The molecule has 1 saturated heterocycles. The summed E-state index contributed by atoms with van der Waals surface area (Å²) < 4.78 is 13.3. The zero-order valence-corrected chi connectivity index (χ0v) is 7.10. The maximum absolute atomic E-state index is 13.3. The molecule has 0 unspecified atom stereocenters. The van der Waals surface area contributed by atoms with E-state index in [1.165, 1.54) is 0 Å². The second-order valence-corrected chi connectivity index (χ2v) is 3.32. The molecule has 64 valence electrons. The summed E-state index contributed by atoms with van der Waals surface area (Å²) in [6.07, 6.45) is 1.06. The van der Waals surface area contributed by atoms with Gasteiger partial charge in [0.05, 0.1) is 0 Å². The fraction of sp³-hybridized carbons (Fsp3) is 0.400. The molecule has 12 heavy (non-hydrogen) atoms. The Balaban J connectivity index is 2.31. The third kappa shape index (κ3) is 1.23. The number of rotatable bonds is 1. The summed E-state index contributed by atoms with van der Waals surface area (Å²) in [7, 11) is 0. The van der Waals surface area contributed by atoms with E-state index in [1.807, 2.05) is 19.1 Å². The Morgan fingerprint density at radius 2 is 2.25 bits per heavy atom. The van der Waals surface area contributed by atoms with Crippen LogP contribution in [0.1, 0.15) is 23.6 Å². The van der Waals surface area contributed by atoms with Crippen LogP contribution in [0.2, 0.25) is 0 Å². The van der Waals surface area contributed by atoms with Gasteiger partial charge in [-0.15, -0.1) is 0 Å². The van der Waals surface area contributed by atoms with E-state index < -0.39 is 0 Å². The van der Waals surface area contributed by atoms with Gasteiger partial charge in [-0.25, -0.2) is 4.39 Å². The average Bonchev–Trinajstić information content (AvgIpc) is 1.91. The summed E-state index contributed by atoms with van der Waals surface area (Å²) in [6.45, 7) is 2.92. The third-order valence-electron chi connectivity index (χ3n) is 2.36. The van der Waals surface area contributed by atoms with Crippen LogP contribution in [0.15, 0.2) is 18.2 Å². The van der Waals surface area contributed by atoms with Crippen molar-refractivity contribution < 1.29 is 4.39 Å². The van der Waals surface area contributed by atoms with E-state index in [4.69, 9.17) is 0 Å². The van der Waals surface area contributed by atoms with E-state index in [0.29, 0.717) is 0 Å². The minimum absolute atomic E-state index is 0.0767. The Morgan fingerprint density at radius 3 is 2.75 bits per heavy atom. The van der Waals surface area contributed by atoms with Crippen molar-refractivity contribution in [1.82, 2.24) is 5.32 Å². The normalized spacial score (nSPS) is 22.0. The molecule has 2 rings (SSSR count). The number of nitrogens with one attached hydrogen (secondary N) is 1. The first-order valence-corrected chi connectivity index (χ1v) is 4.27. The van der Waals surface area contributed by atoms with Crippen LogP contribution in [0, 0.1) is 12.7 Å². The van der Waals surface area contributed by atoms with Crippen molar-refractivity contribution in [2.24, 2.45) is 0 Å². The molecule has 2 heteroatoms. The monoisotopic (exact) mass is 165 g/mol. The summed E-state index contributed by atoms with van der Waals surface area (Å²) >= 11 is 0. The number of halogens is 1. The molecular weight excluding hydrogens is 153 g/mol. The summed E-state index contributed by atoms with van der Waals surface area (Å²) in [6, 6.07) is 5.68. The molecule has 0 spiro atoms. The van der Waals surface area contributed by atoms with Gasteiger partial charge < -0.3 is 5.32 Å². The maximum atomic E-state index is 13.3. The Hall–Kier alpha value is -0.890. The fourth-order valence-electron chi connectivity index (χ4n) is 1.47. The highest BCUT2D eigenvalue weighted by Gasteiger charge is 2.21. The second-order valence-electron chi connectivity index (χ2n) is 3.32. The van der Waals surface area contributed by atoms with Crippen molar-refractivity contribution >= 4 is 0 Å². The predicted octanol–water partition coefficient (Wildman–Crippen LogP) is 2.17. The molecule has 0 radical (unpaired) electrons. The number of aryl methyl sites for hydroxylation is 1. The predicted molar refractivity (Wildman–Crippen MR) is 46.5 cm³/mol. The molecule has 1 aromatic carbocycles. The lowest BCUT2D eigenvalue weighted by Gasteiger charge is -2.28. The van der Waals surface area contributed by atoms with E-state index >= 15 is 0 Å². The van der Waals surface area contributed by atoms with Gasteiger partial charge in [-0.3, -0.25) is 0 Å². The van der Waals surface area contributed by atoms with Crippen molar-refractivity contribution in [1.29, 1.82) is 0 Å². The highest BCUT2D eigenvalue weighted by Crippen LogP contribution is 2.25.